The predicted octanol–water partition coefficient (Wildman–Crippen LogP) is 2.32. The van der Waals surface area contributed by atoms with Gasteiger partial charge in [0.05, 0.1) is 16.1 Å². The van der Waals surface area contributed by atoms with E-state index in [1.54, 1.807) is 6.07 Å². The normalized spacial score (nSPS) is 9.74. The highest BCUT2D eigenvalue weighted by molar-refractivity contribution is 6.30. The maximum Gasteiger partial charge on any atom is 0.335 e. The fourth-order valence-electron chi connectivity index (χ4n) is 1.65. The van der Waals surface area contributed by atoms with Crippen LogP contribution in [0.5, 0.6) is 5.75 Å². The molecule has 23 heavy (non-hydrogen) atoms. The van der Waals surface area contributed by atoms with Gasteiger partial charge in [0.1, 0.15) is 17.6 Å². The maximum atomic E-state index is 11.8. The molecule has 0 saturated heterocycles. The number of aromatic nitrogens is 1. The van der Waals surface area contributed by atoms with Crippen LogP contribution in [0.15, 0.2) is 36.5 Å². The van der Waals surface area contributed by atoms with Gasteiger partial charge in [-0.25, -0.2) is 9.78 Å². The minimum atomic E-state index is -1.15. The van der Waals surface area contributed by atoms with Crippen LogP contribution in [0.1, 0.15) is 15.9 Å². The van der Waals surface area contributed by atoms with Gasteiger partial charge in [0.15, 0.2) is 6.61 Å². The van der Waals surface area contributed by atoms with Gasteiger partial charge < -0.3 is 15.2 Å². The van der Waals surface area contributed by atoms with Crippen LogP contribution in [0.4, 0.5) is 5.82 Å². The second-order valence-corrected chi connectivity index (χ2v) is 4.76. The van der Waals surface area contributed by atoms with Gasteiger partial charge in [-0.3, -0.25) is 4.79 Å². The van der Waals surface area contributed by atoms with Crippen molar-refractivity contribution in [2.75, 3.05) is 11.9 Å². The zero-order valence-corrected chi connectivity index (χ0v) is 12.4. The molecule has 0 unspecified atom stereocenters. The molecule has 0 bridgehead atoms. The van der Waals surface area contributed by atoms with E-state index in [1.165, 1.54) is 30.5 Å². The molecule has 1 aromatic heterocycles. The van der Waals surface area contributed by atoms with E-state index in [2.05, 4.69) is 10.3 Å². The summed E-state index contributed by atoms with van der Waals surface area (Å²) in [4.78, 5) is 26.5. The number of halogens is 1. The standard InChI is InChI=1S/C15H10ClN3O4/c16-11-2-4-13(18-7-11)19-14(20)8-23-12-3-1-9(15(21)22)5-10(12)6-17/h1-5,7H,8H2,(H,21,22)(H,18,19,20). The van der Waals surface area contributed by atoms with Crippen molar-refractivity contribution in [3.8, 4) is 11.8 Å². The smallest absolute Gasteiger partial charge is 0.335 e. The third-order valence-corrected chi connectivity index (χ3v) is 2.92. The Labute approximate surface area is 136 Å². The van der Waals surface area contributed by atoms with E-state index >= 15 is 0 Å². The molecular formula is C15H10ClN3O4. The number of ether oxygens (including phenoxy) is 1. The summed E-state index contributed by atoms with van der Waals surface area (Å²) in [5, 5.41) is 20.8. The number of carbonyl (C=O) groups excluding carboxylic acids is 1. The van der Waals surface area contributed by atoms with Gasteiger partial charge in [0, 0.05) is 6.20 Å². The monoisotopic (exact) mass is 331 g/mol. The summed E-state index contributed by atoms with van der Waals surface area (Å²) in [6, 6.07) is 8.72. The average molecular weight is 332 g/mol. The summed E-state index contributed by atoms with van der Waals surface area (Å²) in [5.41, 5.74) is -0.00830. The van der Waals surface area contributed by atoms with Crippen molar-refractivity contribution < 1.29 is 19.4 Å². The first-order valence-electron chi connectivity index (χ1n) is 6.31. The van der Waals surface area contributed by atoms with Crippen LogP contribution in [0, 0.1) is 11.3 Å². The van der Waals surface area contributed by atoms with E-state index in [0.717, 1.165) is 0 Å². The van der Waals surface area contributed by atoms with Crippen LogP contribution in [-0.4, -0.2) is 28.6 Å². The Hall–Kier alpha value is -3.11. The molecule has 7 nitrogen and oxygen atoms in total. The summed E-state index contributed by atoms with van der Waals surface area (Å²) in [6.07, 6.45) is 1.39. The number of carboxylic acid groups (broad SMARTS) is 1. The SMILES string of the molecule is N#Cc1cc(C(=O)O)ccc1OCC(=O)Nc1ccc(Cl)cn1. The number of carboxylic acids is 1. The van der Waals surface area contributed by atoms with Crippen molar-refractivity contribution in [2.24, 2.45) is 0 Å². The number of amides is 1. The number of rotatable bonds is 5. The molecule has 1 aromatic carbocycles. The number of nitrogens with zero attached hydrogens (tertiary/aromatic N) is 2. The Balaban J connectivity index is 2.00. The molecule has 0 spiro atoms. The lowest BCUT2D eigenvalue weighted by Crippen LogP contribution is -2.21. The van der Waals surface area contributed by atoms with Crippen LogP contribution in [0.2, 0.25) is 5.02 Å². The third kappa shape index (κ3) is 4.43. The lowest BCUT2D eigenvalue weighted by Gasteiger charge is -2.08. The number of pyridine rings is 1. The van der Waals surface area contributed by atoms with Gasteiger partial charge >= 0.3 is 5.97 Å². The van der Waals surface area contributed by atoms with Crippen molar-refractivity contribution in [3.63, 3.8) is 0 Å². The first-order chi connectivity index (χ1) is 11.0. The first kappa shape index (κ1) is 16.3. The van der Waals surface area contributed by atoms with E-state index in [4.69, 9.17) is 26.7 Å². The molecule has 0 aliphatic heterocycles. The number of nitriles is 1. The summed E-state index contributed by atoms with van der Waals surface area (Å²) in [7, 11) is 0. The zero-order valence-electron chi connectivity index (χ0n) is 11.6. The van der Waals surface area contributed by atoms with Gasteiger partial charge in [0.25, 0.3) is 5.91 Å². The van der Waals surface area contributed by atoms with E-state index in [9.17, 15) is 9.59 Å². The van der Waals surface area contributed by atoms with Gasteiger partial charge in [-0.1, -0.05) is 11.6 Å². The molecule has 2 aromatic rings. The maximum absolute atomic E-state index is 11.8. The van der Waals surface area contributed by atoms with Gasteiger partial charge in [-0.05, 0) is 30.3 Å². The molecule has 1 heterocycles. The summed E-state index contributed by atoms with van der Waals surface area (Å²) in [6.45, 7) is -0.356. The Morgan fingerprint density at radius 1 is 1.35 bits per heavy atom. The number of aromatic carboxylic acids is 1. The minimum Gasteiger partial charge on any atom is -0.482 e. The van der Waals surface area contributed by atoms with Gasteiger partial charge in [-0.15, -0.1) is 0 Å². The second-order valence-electron chi connectivity index (χ2n) is 4.33. The van der Waals surface area contributed by atoms with Crippen molar-refractivity contribution in [1.29, 1.82) is 5.26 Å². The van der Waals surface area contributed by atoms with Gasteiger partial charge in [0.2, 0.25) is 0 Å². The quantitative estimate of drug-likeness (QED) is 0.869. The molecule has 0 aliphatic carbocycles. The van der Waals surface area contributed by atoms with Crippen LogP contribution in [0.3, 0.4) is 0 Å². The highest BCUT2D eigenvalue weighted by atomic mass is 35.5. The molecule has 116 valence electrons. The van der Waals surface area contributed by atoms with Gasteiger partial charge in [-0.2, -0.15) is 5.26 Å². The number of benzene rings is 1. The highest BCUT2D eigenvalue weighted by Gasteiger charge is 2.11. The fraction of sp³-hybridized carbons (Fsp3) is 0.0667. The summed E-state index contributed by atoms with van der Waals surface area (Å²) in [5.74, 6) is -1.20. The van der Waals surface area contributed by atoms with E-state index in [0.29, 0.717) is 10.8 Å². The Kier molecular flexibility index (Phi) is 5.12. The highest BCUT2D eigenvalue weighted by Crippen LogP contribution is 2.19. The fourth-order valence-corrected chi connectivity index (χ4v) is 1.76. The molecule has 0 radical (unpaired) electrons. The predicted molar refractivity (Wildman–Crippen MR) is 81.5 cm³/mol. The van der Waals surface area contributed by atoms with E-state index < -0.39 is 11.9 Å². The Morgan fingerprint density at radius 3 is 2.74 bits per heavy atom. The van der Waals surface area contributed by atoms with E-state index in [-0.39, 0.29) is 23.5 Å². The number of hydrogen-bond acceptors (Lipinski definition) is 5. The van der Waals surface area contributed by atoms with Crippen molar-refractivity contribution >= 4 is 29.3 Å². The molecule has 0 atom stereocenters. The number of nitrogens with one attached hydrogen (secondary N) is 1. The van der Waals surface area contributed by atoms with Crippen LogP contribution in [0.25, 0.3) is 0 Å². The first-order valence-corrected chi connectivity index (χ1v) is 6.69. The van der Waals surface area contributed by atoms with E-state index in [1.807, 2.05) is 6.07 Å². The lowest BCUT2D eigenvalue weighted by molar-refractivity contribution is -0.118. The second kappa shape index (κ2) is 7.24. The van der Waals surface area contributed by atoms with Crippen molar-refractivity contribution in [2.45, 2.75) is 0 Å². The van der Waals surface area contributed by atoms with Crippen LogP contribution in [-0.2, 0) is 4.79 Å². The van der Waals surface area contributed by atoms with Crippen molar-refractivity contribution in [1.82, 2.24) is 4.98 Å². The largest absolute Gasteiger partial charge is 0.482 e. The third-order valence-electron chi connectivity index (χ3n) is 2.70. The number of hydrogen-bond donors (Lipinski definition) is 2. The number of anilines is 1. The summed E-state index contributed by atoms with van der Waals surface area (Å²) >= 11 is 5.69. The molecule has 0 saturated carbocycles. The van der Waals surface area contributed by atoms with Crippen LogP contribution < -0.4 is 10.1 Å². The average Bonchev–Trinajstić information content (AvgIpc) is 2.54. The Morgan fingerprint density at radius 2 is 2.13 bits per heavy atom. The van der Waals surface area contributed by atoms with Crippen molar-refractivity contribution in [3.05, 3.63) is 52.7 Å². The molecule has 8 heteroatoms. The molecule has 0 fully saturated rings. The minimum absolute atomic E-state index is 0.0299. The zero-order chi connectivity index (χ0) is 16.8. The number of carbonyl (C=O) groups is 2. The Bertz CT molecular complexity index is 784. The molecular weight excluding hydrogens is 322 g/mol. The molecule has 2 N–H and O–H groups in total. The molecule has 2 rings (SSSR count). The summed E-state index contributed by atoms with van der Waals surface area (Å²) < 4.78 is 5.24. The van der Waals surface area contributed by atoms with Crippen LogP contribution >= 0.6 is 11.6 Å². The molecule has 1 amide bonds. The topological polar surface area (TPSA) is 112 Å². The lowest BCUT2D eigenvalue weighted by atomic mass is 10.1. The molecule has 0 aliphatic rings.